The van der Waals surface area contributed by atoms with Gasteiger partial charge < -0.3 is 10.1 Å². The molecule has 6 nitrogen and oxygen atoms in total. The number of amides is 1. The summed E-state index contributed by atoms with van der Waals surface area (Å²) in [5, 5.41) is 6.07. The fraction of sp³-hybridized carbons (Fsp3) is 0.444. The normalized spacial score (nSPS) is 18.4. The highest BCUT2D eigenvalue weighted by molar-refractivity contribution is 5.75. The fourth-order valence-corrected chi connectivity index (χ4v) is 2.92. The van der Waals surface area contributed by atoms with Crippen molar-refractivity contribution in [3.8, 4) is 0 Å². The van der Waals surface area contributed by atoms with Gasteiger partial charge in [0, 0.05) is 32.4 Å². The van der Waals surface area contributed by atoms with Gasteiger partial charge in [-0.3, -0.25) is 14.4 Å². The molecule has 9 heteroatoms. The van der Waals surface area contributed by atoms with Crippen LogP contribution < -0.4 is 5.32 Å². The Morgan fingerprint density at radius 1 is 1.26 bits per heavy atom. The first-order valence-corrected chi connectivity index (χ1v) is 8.65. The summed E-state index contributed by atoms with van der Waals surface area (Å²) < 4.78 is 44.2. The van der Waals surface area contributed by atoms with Crippen LogP contribution in [0, 0.1) is 0 Å². The minimum atomic E-state index is -4.51. The van der Waals surface area contributed by atoms with E-state index in [-0.39, 0.29) is 12.6 Å². The van der Waals surface area contributed by atoms with E-state index in [0.717, 1.165) is 30.0 Å². The number of carbonyl (C=O) groups is 1. The van der Waals surface area contributed by atoms with Crippen molar-refractivity contribution in [1.29, 1.82) is 0 Å². The molecular formula is C18H21F3N4O2. The molecule has 0 spiro atoms. The van der Waals surface area contributed by atoms with E-state index in [9.17, 15) is 18.0 Å². The summed E-state index contributed by atoms with van der Waals surface area (Å²) in [6.07, 6.45) is -3.53. The molecule has 1 aromatic heterocycles. The summed E-state index contributed by atoms with van der Waals surface area (Å²) in [6, 6.07) is 10.9. The Morgan fingerprint density at radius 2 is 2.04 bits per heavy atom. The Kier molecular flexibility index (Phi) is 6.12. The monoisotopic (exact) mass is 382 g/mol. The molecular weight excluding hydrogens is 361 g/mol. The first kappa shape index (κ1) is 19.4. The summed E-state index contributed by atoms with van der Waals surface area (Å²) >= 11 is 0. The van der Waals surface area contributed by atoms with Crippen LogP contribution >= 0.6 is 0 Å². The third-order valence-electron chi connectivity index (χ3n) is 4.24. The van der Waals surface area contributed by atoms with E-state index in [1.807, 2.05) is 18.2 Å². The molecule has 2 aromatic rings. The molecule has 0 radical (unpaired) electrons. The van der Waals surface area contributed by atoms with Crippen LogP contribution in [0.15, 0.2) is 42.6 Å². The first-order valence-electron chi connectivity index (χ1n) is 8.65. The lowest BCUT2D eigenvalue weighted by molar-refractivity contribution is -0.141. The molecule has 27 heavy (non-hydrogen) atoms. The smallest absolute Gasteiger partial charge is 0.374 e. The highest BCUT2D eigenvalue weighted by atomic mass is 19.4. The number of hydrogen-bond acceptors (Lipinski definition) is 4. The van der Waals surface area contributed by atoms with Gasteiger partial charge in [-0.15, -0.1) is 0 Å². The SMILES string of the molecule is O=C(Cn1ccc(C(F)(F)F)n1)NCC1CN(Cc2ccccc2)CCO1. The lowest BCUT2D eigenvalue weighted by atomic mass is 10.2. The third-order valence-corrected chi connectivity index (χ3v) is 4.24. The van der Waals surface area contributed by atoms with E-state index in [0.29, 0.717) is 19.7 Å². The number of halogens is 3. The van der Waals surface area contributed by atoms with Gasteiger partial charge in [0.05, 0.1) is 12.7 Å². The molecule has 1 aliphatic heterocycles. The molecule has 1 unspecified atom stereocenters. The van der Waals surface area contributed by atoms with Crippen molar-refractivity contribution in [1.82, 2.24) is 20.0 Å². The van der Waals surface area contributed by atoms with Gasteiger partial charge in [-0.1, -0.05) is 30.3 Å². The summed E-state index contributed by atoms with van der Waals surface area (Å²) in [6.45, 7) is 2.90. The van der Waals surface area contributed by atoms with Gasteiger partial charge >= 0.3 is 6.18 Å². The molecule has 3 rings (SSSR count). The number of alkyl halides is 3. The minimum Gasteiger partial charge on any atom is -0.374 e. The molecule has 146 valence electrons. The number of hydrogen-bond donors (Lipinski definition) is 1. The average Bonchev–Trinajstić information content (AvgIpc) is 3.10. The van der Waals surface area contributed by atoms with Crippen LogP contribution in [0.1, 0.15) is 11.3 Å². The Labute approximate surface area is 154 Å². The number of rotatable bonds is 6. The van der Waals surface area contributed by atoms with Crippen molar-refractivity contribution in [3.05, 3.63) is 53.9 Å². The maximum atomic E-state index is 12.5. The fourth-order valence-electron chi connectivity index (χ4n) is 2.92. The van der Waals surface area contributed by atoms with E-state index in [2.05, 4.69) is 27.4 Å². The summed E-state index contributed by atoms with van der Waals surface area (Å²) in [4.78, 5) is 14.2. The number of benzene rings is 1. The van der Waals surface area contributed by atoms with E-state index in [1.165, 1.54) is 5.56 Å². The third kappa shape index (κ3) is 5.80. The molecule has 0 saturated carbocycles. The quantitative estimate of drug-likeness (QED) is 0.829. The lowest BCUT2D eigenvalue weighted by Crippen LogP contribution is -2.47. The van der Waals surface area contributed by atoms with Gasteiger partial charge in [0.1, 0.15) is 6.54 Å². The Hall–Kier alpha value is -2.39. The predicted octanol–water partition coefficient (Wildman–Crippen LogP) is 1.92. The number of morpholine rings is 1. The zero-order chi connectivity index (χ0) is 19.3. The van der Waals surface area contributed by atoms with E-state index in [4.69, 9.17) is 4.74 Å². The molecule has 1 saturated heterocycles. The minimum absolute atomic E-state index is 0.158. The maximum absolute atomic E-state index is 12.5. The summed E-state index contributed by atoms with van der Waals surface area (Å²) in [5.74, 6) is -0.407. The highest BCUT2D eigenvalue weighted by Crippen LogP contribution is 2.27. The van der Waals surface area contributed by atoms with Gasteiger partial charge in [0.15, 0.2) is 5.69 Å². The molecule has 1 aliphatic rings. The summed E-state index contributed by atoms with van der Waals surface area (Å²) in [5.41, 5.74) is 0.198. The Bertz CT molecular complexity index is 749. The molecule has 0 aliphatic carbocycles. The Balaban J connectivity index is 1.43. The number of aromatic nitrogens is 2. The molecule has 0 bridgehead atoms. The lowest BCUT2D eigenvalue weighted by Gasteiger charge is -2.33. The number of ether oxygens (including phenoxy) is 1. The van der Waals surface area contributed by atoms with E-state index < -0.39 is 17.8 Å². The van der Waals surface area contributed by atoms with Crippen molar-refractivity contribution in [2.24, 2.45) is 0 Å². The van der Waals surface area contributed by atoms with Gasteiger partial charge in [-0.2, -0.15) is 18.3 Å². The Morgan fingerprint density at radius 3 is 2.74 bits per heavy atom. The second-order valence-electron chi connectivity index (χ2n) is 6.41. The van der Waals surface area contributed by atoms with Crippen LogP contribution in [-0.2, 0) is 28.8 Å². The van der Waals surface area contributed by atoms with Gasteiger partial charge in [-0.05, 0) is 11.6 Å². The highest BCUT2D eigenvalue weighted by Gasteiger charge is 2.33. The number of carbonyl (C=O) groups excluding carboxylic acids is 1. The van der Waals surface area contributed by atoms with Crippen LogP contribution in [0.2, 0.25) is 0 Å². The van der Waals surface area contributed by atoms with E-state index >= 15 is 0 Å². The molecule has 1 fully saturated rings. The topological polar surface area (TPSA) is 59.4 Å². The van der Waals surface area contributed by atoms with Crippen LogP contribution in [0.4, 0.5) is 13.2 Å². The molecule has 1 atom stereocenters. The van der Waals surface area contributed by atoms with Crippen molar-refractivity contribution < 1.29 is 22.7 Å². The van der Waals surface area contributed by atoms with Gasteiger partial charge in [-0.25, -0.2) is 0 Å². The largest absolute Gasteiger partial charge is 0.435 e. The molecule has 1 N–H and O–H groups in total. The van der Waals surface area contributed by atoms with E-state index in [1.54, 1.807) is 0 Å². The number of nitrogens with one attached hydrogen (secondary N) is 1. The second kappa shape index (κ2) is 8.53. The van der Waals surface area contributed by atoms with Crippen LogP contribution in [0.25, 0.3) is 0 Å². The molecule has 1 aromatic carbocycles. The molecule has 2 heterocycles. The standard InChI is InChI=1S/C18H21F3N4O2/c19-18(20,21)16-6-7-25(23-16)13-17(26)22-10-15-12-24(8-9-27-15)11-14-4-2-1-3-5-14/h1-7,15H,8-13H2,(H,22,26). The van der Waals surface area contributed by atoms with Gasteiger partial charge in [0.2, 0.25) is 5.91 Å². The summed E-state index contributed by atoms with van der Waals surface area (Å²) in [7, 11) is 0. The second-order valence-corrected chi connectivity index (χ2v) is 6.41. The van der Waals surface area contributed by atoms with Crippen molar-refractivity contribution in [2.45, 2.75) is 25.4 Å². The zero-order valence-corrected chi connectivity index (χ0v) is 14.7. The maximum Gasteiger partial charge on any atom is 0.435 e. The van der Waals surface area contributed by atoms with Gasteiger partial charge in [0.25, 0.3) is 0 Å². The number of nitrogens with zero attached hydrogens (tertiary/aromatic N) is 3. The van der Waals surface area contributed by atoms with Crippen LogP contribution in [0.3, 0.4) is 0 Å². The first-order chi connectivity index (χ1) is 12.9. The van der Waals surface area contributed by atoms with Crippen LogP contribution in [0.5, 0.6) is 0 Å². The van der Waals surface area contributed by atoms with Crippen molar-refractivity contribution in [3.63, 3.8) is 0 Å². The predicted molar refractivity (Wildman–Crippen MR) is 91.7 cm³/mol. The average molecular weight is 382 g/mol. The van der Waals surface area contributed by atoms with Crippen molar-refractivity contribution >= 4 is 5.91 Å². The zero-order valence-electron chi connectivity index (χ0n) is 14.7. The van der Waals surface area contributed by atoms with Crippen molar-refractivity contribution in [2.75, 3.05) is 26.2 Å². The van der Waals surface area contributed by atoms with Crippen LogP contribution in [-0.4, -0.2) is 52.9 Å². The molecule has 1 amide bonds.